The van der Waals surface area contributed by atoms with Gasteiger partial charge in [0, 0.05) is 12.6 Å². The fraction of sp³-hybridized carbons (Fsp3) is 0.217. The minimum Gasteiger partial charge on any atom is -0.489 e. The van der Waals surface area contributed by atoms with Crippen LogP contribution in [-0.4, -0.2) is 11.7 Å². The first-order chi connectivity index (χ1) is 12.7. The van der Waals surface area contributed by atoms with Crippen molar-refractivity contribution in [3.8, 4) is 5.75 Å². The normalized spacial score (nSPS) is 13.2. The topological polar surface area (TPSA) is 41.5 Å². The van der Waals surface area contributed by atoms with Gasteiger partial charge in [0.1, 0.15) is 12.4 Å². The predicted octanol–water partition coefficient (Wildman–Crippen LogP) is 4.65. The summed E-state index contributed by atoms with van der Waals surface area (Å²) >= 11 is 0. The average molecular weight is 347 g/mol. The fourth-order valence-electron chi connectivity index (χ4n) is 2.79. The van der Waals surface area contributed by atoms with Crippen LogP contribution in [0.1, 0.15) is 35.8 Å². The van der Waals surface area contributed by atoms with E-state index in [-0.39, 0.29) is 6.04 Å². The molecule has 0 aromatic heterocycles. The molecule has 2 N–H and O–H groups in total. The van der Waals surface area contributed by atoms with Crippen LogP contribution >= 0.6 is 0 Å². The SMILES string of the molecule is C[C@@H](NC[C@H](O)c1ccc(OCc2ccccc2)cc1)c1ccccc1. The molecule has 0 saturated heterocycles. The minimum absolute atomic E-state index is 0.194. The molecule has 3 rings (SSSR count). The molecule has 0 aliphatic heterocycles. The summed E-state index contributed by atoms with van der Waals surface area (Å²) in [4.78, 5) is 0. The molecule has 3 heteroatoms. The van der Waals surface area contributed by atoms with Crippen LogP contribution in [0.5, 0.6) is 5.75 Å². The van der Waals surface area contributed by atoms with Crippen molar-refractivity contribution < 1.29 is 9.84 Å². The molecule has 0 aliphatic carbocycles. The van der Waals surface area contributed by atoms with Crippen molar-refractivity contribution in [2.45, 2.75) is 25.7 Å². The first-order valence-corrected chi connectivity index (χ1v) is 8.95. The molecule has 3 aromatic carbocycles. The summed E-state index contributed by atoms with van der Waals surface area (Å²) < 4.78 is 5.79. The van der Waals surface area contributed by atoms with Crippen LogP contribution in [0.3, 0.4) is 0 Å². The van der Waals surface area contributed by atoms with E-state index in [1.165, 1.54) is 5.56 Å². The molecule has 0 radical (unpaired) electrons. The van der Waals surface area contributed by atoms with Gasteiger partial charge in [-0.2, -0.15) is 0 Å². The van der Waals surface area contributed by atoms with Gasteiger partial charge in [-0.15, -0.1) is 0 Å². The third-order valence-corrected chi connectivity index (χ3v) is 4.43. The standard InChI is InChI=1S/C23H25NO2/c1-18(20-10-6-3-7-11-20)24-16-23(25)21-12-14-22(15-13-21)26-17-19-8-4-2-5-9-19/h2-15,18,23-25H,16-17H2,1H3/t18-,23+/m1/s1. The van der Waals surface area contributed by atoms with Crippen molar-refractivity contribution in [2.24, 2.45) is 0 Å². The van der Waals surface area contributed by atoms with Crippen molar-refractivity contribution in [2.75, 3.05) is 6.54 Å². The average Bonchev–Trinajstić information content (AvgIpc) is 2.72. The van der Waals surface area contributed by atoms with Crippen LogP contribution < -0.4 is 10.1 Å². The molecular formula is C23H25NO2. The van der Waals surface area contributed by atoms with Crippen LogP contribution in [-0.2, 0) is 6.61 Å². The minimum atomic E-state index is -0.552. The van der Waals surface area contributed by atoms with Gasteiger partial charge in [-0.05, 0) is 35.7 Å². The number of ether oxygens (including phenoxy) is 1. The highest BCUT2D eigenvalue weighted by Crippen LogP contribution is 2.19. The molecular weight excluding hydrogens is 322 g/mol. The van der Waals surface area contributed by atoms with Gasteiger partial charge in [0.25, 0.3) is 0 Å². The van der Waals surface area contributed by atoms with Gasteiger partial charge in [-0.3, -0.25) is 0 Å². The van der Waals surface area contributed by atoms with Gasteiger partial charge < -0.3 is 15.2 Å². The molecule has 0 aliphatic rings. The van der Waals surface area contributed by atoms with E-state index in [1.54, 1.807) is 0 Å². The van der Waals surface area contributed by atoms with Crippen molar-refractivity contribution >= 4 is 0 Å². The molecule has 134 valence electrons. The van der Waals surface area contributed by atoms with E-state index in [0.717, 1.165) is 16.9 Å². The molecule has 0 saturated carbocycles. The van der Waals surface area contributed by atoms with Gasteiger partial charge in [-0.25, -0.2) is 0 Å². The Morgan fingerprint density at radius 2 is 1.42 bits per heavy atom. The lowest BCUT2D eigenvalue weighted by molar-refractivity contribution is 0.170. The maximum absolute atomic E-state index is 10.4. The Labute approximate surface area is 155 Å². The van der Waals surface area contributed by atoms with E-state index < -0.39 is 6.10 Å². The van der Waals surface area contributed by atoms with Crippen LogP contribution in [0.2, 0.25) is 0 Å². The summed E-state index contributed by atoms with van der Waals surface area (Å²) in [5.74, 6) is 0.801. The maximum Gasteiger partial charge on any atom is 0.119 e. The Balaban J connectivity index is 1.49. The molecule has 3 nitrogen and oxygen atoms in total. The second-order valence-electron chi connectivity index (χ2n) is 6.40. The summed E-state index contributed by atoms with van der Waals surface area (Å²) in [5.41, 5.74) is 3.23. The zero-order chi connectivity index (χ0) is 18.2. The van der Waals surface area contributed by atoms with E-state index in [0.29, 0.717) is 13.2 Å². The lowest BCUT2D eigenvalue weighted by Crippen LogP contribution is -2.24. The summed E-state index contributed by atoms with van der Waals surface area (Å²) in [7, 11) is 0. The molecule has 0 amide bonds. The van der Waals surface area contributed by atoms with Crippen molar-refractivity contribution in [1.82, 2.24) is 5.32 Å². The van der Waals surface area contributed by atoms with Gasteiger partial charge >= 0.3 is 0 Å². The molecule has 3 aromatic rings. The summed E-state index contributed by atoms with van der Waals surface area (Å²) in [6, 6.07) is 28.1. The van der Waals surface area contributed by atoms with Crippen LogP contribution in [0, 0.1) is 0 Å². The highest BCUT2D eigenvalue weighted by atomic mass is 16.5. The fourth-order valence-corrected chi connectivity index (χ4v) is 2.79. The van der Waals surface area contributed by atoms with E-state index in [9.17, 15) is 5.11 Å². The molecule has 0 fully saturated rings. The van der Waals surface area contributed by atoms with Crippen molar-refractivity contribution in [3.63, 3.8) is 0 Å². The van der Waals surface area contributed by atoms with Crippen LogP contribution in [0.25, 0.3) is 0 Å². The zero-order valence-corrected chi connectivity index (χ0v) is 15.0. The molecule has 0 heterocycles. The lowest BCUT2D eigenvalue weighted by atomic mass is 10.1. The number of benzene rings is 3. The predicted molar refractivity (Wildman–Crippen MR) is 105 cm³/mol. The first kappa shape index (κ1) is 18.2. The number of hydrogen-bond acceptors (Lipinski definition) is 3. The second kappa shape index (κ2) is 9.18. The van der Waals surface area contributed by atoms with Gasteiger partial charge in [0.2, 0.25) is 0 Å². The number of aliphatic hydroxyl groups is 1. The first-order valence-electron chi connectivity index (χ1n) is 8.95. The van der Waals surface area contributed by atoms with E-state index in [2.05, 4.69) is 24.4 Å². The summed E-state index contributed by atoms with van der Waals surface area (Å²) in [6.45, 7) is 3.14. The highest BCUT2D eigenvalue weighted by Gasteiger charge is 2.10. The highest BCUT2D eigenvalue weighted by molar-refractivity contribution is 5.29. The smallest absolute Gasteiger partial charge is 0.119 e. The molecule has 26 heavy (non-hydrogen) atoms. The third kappa shape index (κ3) is 5.19. The van der Waals surface area contributed by atoms with Gasteiger partial charge in [-0.1, -0.05) is 72.8 Å². The van der Waals surface area contributed by atoms with Crippen LogP contribution in [0.4, 0.5) is 0 Å². The maximum atomic E-state index is 10.4. The largest absolute Gasteiger partial charge is 0.489 e. The third-order valence-electron chi connectivity index (χ3n) is 4.43. The molecule has 0 bridgehead atoms. The van der Waals surface area contributed by atoms with E-state index in [4.69, 9.17) is 4.74 Å². The Kier molecular flexibility index (Phi) is 6.42. The Bertz CT molecular complexity index is 772. The molecule has 0 spiro atoms. The quantitative estimate of drug-likeness (QED) is 0.623. The molecule has 0 unspecified atom stereocenters. The monoisotopic (exact) mass is 347 g/mol. The van der Waals surface area contributed by atoms with Crippen LogP contribution in [0.15, 0.2) is 84.9 Å². The van der Waals surface area contributed by atoms with Gasteiger partial charge in [0.15, 0.2) is 0 Å². The summed E-state index contributed by atoms with van der Waals surface area (Å²) in [5, 5.41) is 13.8. The lowest BCUT2D eigenvalue weighted by Gasteiger charge is -2.18. The van der Waals surface area contributed by atoms with Crippen molar-refractivity contribution in [1.29, 1.82) is 0 Å². The number of aliphatic hydroxyl groups excluding tert-OH is 1. The van der Waals surface area contributed by atoms with Crippen molar-refractivity contribution in [3.05, 3.63) is 102 Å². The Hall–Kier alpha value is -2.62. The van der Waals surface area contributed by atoms with Gasteiger partial charge in [0.05, 0.1) is 6.10 Å². The molecule has 2 atom stereocenters. The Morgan fingerprint density at radius 3 is 2.08 bits per heavy atom. The number of nitrogens with one attached hydrogen (secondary N) is 1. The summed E-state index contributed by atoms with van der Waals surface area (Å²) in [6.07, 6.45) is -0.552. The zero-order valence-electron chi connectivity index (χ0n) is 15.0. The van der Waals surface area contributed by atoms with E-state index in [1.807, 2.05) is 72.8 Å². The van der Waals surface area contributed by atoms with E-state index >= 15 is 0 Å². The number of rotatable bonds is 8. The number of hydrogen-bond donors (Lipinski definition) is 2. The second-order valence-corrected chi connectivity index (χ2v) is 6.40. The Morgan fingerprint density at radius 1 is 0.808 bits per heavy atom.